The Kier molecular flexibility index (Phi) is 5.52. The van der Waals surface area contributed by atoms with E-state index in [9.17, 15) is 4.79 Å². The van der Waals surface area contributed by atoms with E-state index in [-0.39, 0.29) is 5.91 Å². The number of hydrogen-bond donors (Lipinski definition) is 1. The minimum absolute atomic E-state index is 0.250. The second-order valence-corrected chi connectivity index (χ2v) is 7.46. The molecule has 1 aliphatic carbocycles. The van der Waals surface area contributed by atoms with Crippen molar-refractivity contribution in [2.75, 3.05) is 6.54 Å². The van der Waals surface area contributed by atoms with Gasteiger partial charge in [-0.2, -0.15) is 0 Å². The summed E-state index contributed by atoms with van der Waals surface area (Å²) in [7, 11) is 0. The fraction of sp³-hybridized carbons (Fsp3) is 0.391. The summed E-state index contributed by atoms with van der Waals surface area (Å²) in [5.41, 5.74) is 3.57. The third kappa shape index (κ3) is 4.57. The highest BCUT2D eigenvalue weighted by Crippen LogP contribution is 2.28. The molecular weight excluding hydrogens is 334 g/mol. The zero-order valence-electron chi connectivity index (χ0n) is 15.7. The van der Waals surface area contributed by atoms with Gasteiger partial charge < -0.3 is 9.88 Å². The van der Waals surface area contributed by atoms with Crippen LogP contribution in [0.3, 0.4) is 0 Å². The Bertz CT molecular complexity index is 896. The number of nitrogens with one attached hydrogen (secondary N) is 1. The molecule has 0 spiro atoms. The van der Waals surface area contributed by atoms with E-state index in [0.29, 0.717) is 5.92 Å². The third-order valence-corrected chi connectivity index (χ3v) is 5.24. The highest BCUT2D eigenvalue weighted by Gasteiger charge is 2.28. The van der Waals surface area contributed by atoms with Gasteiger partial charge >= 0.3 is 0 Å². The van der Waals surface area contributed by atoms with Gasteiger partial charge in [-0.15, -0.1) is 0 Å². The van der Waals surface area contributed by atoms with Crippen LogP contribution in [0.25, 0.3) is 11.0 Å². The number of fused-ring (bicyclic) bond motifs is 1. The normalized spacial score (nSPS) is 13.8. The summed E-state index contributed by atoms with van der Waals surface area (Å²) < 4.78 is 2.35. The standard InChI is InChI=1S/C23H27N3O/c27-23(19-14-15-19)24-16-8-2-5-13-22-25-20-11-6-7-12-21(20)26(22)17-18-9-3-1-4-10-18/h1,3-4,6-7,9-12,19H,2,5,8,13-17H2,(H,24,27). The van der Waals surface area contributed by atoms with Crippen molar-refractivity contribution >= 4 is 16.9 Å². The number of amides is 1. The largest absolute Gasteiger partial charge is 0.356 e. The number of imidazole rings is 1. The molecule has 1 N–H and O–H groups in total. The molecule has 1 saturated carbocycles. The maximum atomic E-state index is 11.7. The predicted octanol–water partition coefficient (Wildman–Crippen LogP) is 4.32. The monoisotopic (exact) mass is 361 g/mol. The summed E-state index contributed by atoms with van der Waals surface area (Å²) in [5.74, 6) is 1.71. The minimum atomic E-state index is 0.250. The number of nitrogens with zero attached hydrogens (tertiary/aromatic N) is 2. The topological polar surface area (TPSA) is 46.9 Å². The lowest BCUT2D eigenvalue weighted by molar-refractivity contribution is -0.122. The maximum absolute atomic E-state index is 11.7. The lowest BCUT2D eigenvalue weighted by Crippen LogP contribution is -2.25. The quantitative estimate of drug-likeness (QED) is 0.577. The average Bonchev–Trinajstić information content (AvgIpc) is 3.49. The van der Waals surface area contributed by atoms with E-state index in [1.54, 1.807) is 0 Å². The molecule has 2 aromatic carbocycles. The fourth-order valence-corrected chi connectivity index (χ4v) is 3.55. The first-order chi connectivity index (χ1) is 13.3. The minimum Gasteiger partial charge on any atom is -0.356 e. The molecule has 27 heavy (non-hydrogen) atoms. The molecule has 1 fully saturated rings. The van der Waals surface area contributed by atoms with Crippen molar-refractivity contribution in [3.05, 3.63) is 66.0 Å². The molecular formula is C23H27N3O. The zero-order chi connectivity index (χ0) is 18.5. The van der Waals surface area contributed by atoms with E-state index in [4.69, 9.17) is 4.98 Å². The number of aromatic nitrogens is 2. The van der Waals surface area contributed by atoms with Crippen LogP contribution in [0.5, 0.6) is 0 Å². The van der Waals surface area contributed by atoms with Gasteiger partial charge in [-0.25, -0.2) is 4.98 Å². The molecule has 0 radical (unpaired) electrons. The van der Waals surface area contributed by atoms with Crippen LogP contribution in [0.2, 0.25) is 0 Å². The number of aryl methyl sites for hydroxylation is 1. The summed E-state index contributed by atoms with van der Waals surface area (Å²) in [6, 6.07) is 18.9. The molecule has 0 atom stereocenters. The molecule has 0 saturated heterocycles. The van der Waals surface area contributed by atoms with E-state index >= 15 is 0 Å². The molecule has 4 rings (SSSR count). The number of carbonyl (C=O) groups excluding carboxylic acids is 1. The van der Waals surface area contributed by atoms with E-state index in [2.05, 4.69) is 64.5 Å². The van der Waals surface area contributed by atoms with Crippen molar-refractivity contribution in [2.45, 2.75) is 45.1 Å². The van der Waals surface area contributed by atoms with Crippen LogP contribution in [0, 0.1) is 5.92 Å². The van der Waals surface area contributed by atoms with Gasteiger partial charge in [-0.1, -0.05) is 48.9 Å². The van der Waals surface area contributed by atoms with Gasteiger partial charge in [0.1, 0.15) is 5.82 Å². The summed E-state index contributed by atoms with van der Waals surface area (Å²) >= 11 is 0. The summed E-state index contributed by atoms with van der Waals surface area (Å²) in [5, 5.41) is 3.05. The number of unbranched alkanes of at least 4 members (excludes halogenated alkanes) is 2. The Balaban J connectivity index is 1.35. The van der Waals surface area contributed by atoms with Crippen molar-refractivity contribution in [1.29, 1.82) is 0 Å². The molecule has 1 aromatic heterocycles. The molecule has 1 aliphatic rings. The van der Waals surface area contributed by atoms with E-state index in [1.165, 1.54) is 11.1 Å². The number of carbonyl (C=O) groups is 1. The van der Waals surface area contributed by atoms with Gasteiger partial charge in [-0.3, -0.25) is 4.79 Å². The van der Waals surface area contributed by atoms with Gasteiger partial charge in [-0.05, 0) is 43.4 Å². The van der Waals surface area contributed by atoms with Gasteiger partial charge in [0.2, 0.25) is 5.91 Å². The molecule has 140 valence electrons. The van der Waals surface area contributed by atoms with Crippen LogP contribution in [0.4, 0.5) is 0 Å². The van der Waals surface area contributed by atoms with Crippen LogP contribution in [0.15, 0.2) is 54.6 Å². The zero-order valence-corrected chi connectivity index (χ0v) is 15.7. The molecule has 4 nitrogen and oxygen atoms in total. The number of benzene rings is 2. The van der Waals surface area contributed by atoms with E-state index in [1.807, 2.05) is 0 Å². The first-order valence-corrected chi connectivity index (χ1v) is 10.1. The molecule has 0 aliphatic heterocycles. The Morgan fingerprint density at radius 1 is 1.00 bits per heavy atom. The predicted molar refractivity (Wildman–Crippen MR) is 109 cm³/mol. The van der Waals surface area contributed by atoms with E-state index < -0.39 is 0 Å². The van der Waals surface area contributed by atoms with Crippen LogP contribution in [-0.4, -0.2) is 22.0 Å². The Morgan fingerprint density at radius 2 is 1.78 bits per heavy atom. The molecule has 0 unspecified atom stereocenters. The second kappa shape index (κ2) is 8.38. The smallest absolute Gasteiger partial charge is 0.223 e. The number of para-hydroxylation sites is 2. The molecule has 4 heteroatoms. The SMILES string of the molecule is O=C(NCCCCCc1nc2ccccc2n1Cc1ccccc1)C1CC1. The highest BCUT2D eigenvalue weighted by molar-refractivity contribution is 5.80. The van der Waals surface area contributed by atoms with Crippen molar-refractivity contribution in [3.63, 3.8) is 0 Å². The first kappa shape index (κ1) is 17.8. The second-order valence-electron chi connectivity index (χ2n) is 7.46. The Morgan fingerprint density at radius 3 is 2.59 bits per heavy atom. The van der Waals surface area contributed by atoms with Crippen molar-refractivity contribution in [1.82, 2.24) is 14.9 Å². The fourth-order valence-electron chi connectivity index (χ4n) is 3.55. The summed E-state index contributed by atoms with van der Waals surface area (Å²) in [6.45, 7) is 1.66. The van der Waals surface area contributed by atoms with Crippen LogP contribution < -0.4 is 5.32 Å². The van der Waals surface area contributed by atoms with Gasteiger partial charge in [0.15, 0.2) is 0 Å². The highest BCUT2D eigenvalue weighted by atomic mass is 16.2. The lowest BCUT2D eigenvalue weighted by Gasteiger charge is -2.10. The van der Waals surface area contributed by atoms with Crippen LogP contribution >= 0.6 is 0 Å². The van der Waals surface area contributed by atoms with Gasteiger partial charge in [0, 0.05) is 25.4 Å². The van der Waals surface area contributed by atoms with Gasteiger partial charge in [0.25, 0.3) is 0 Å². The van der Waals surface area contributed by atoms with Crippen LogP contribution in [0.1, 0.15) is 43.5 Å². The van der Waals surface area contributed by atoms with E-state index in [0.717, 1.165) is 63.0 Å². The maximum Gasteiger partial charge on any atom is 0.223 e. The first-order valence-electron chi connectivity index (χ1n) is 10.1. The average molecular weight is 361 g/mol. The molecule has 1 amide bonds. The van der Waals surface area contributed by atoms with Crippen molar-refractivity contribution < 1.29 is 4.79 Å². The molecule has 0 bridgehead atoms. The van der Waals surface area contributed by atoms with Crippen molar-refractivity contribution in [2.24, 2.45) is 5.92 Å². The third-order valence-electron chi connectivity index (χ3n) is 5.24. The van der Waals surface area contributed by atoms with Gasteiger partial charge in [0.05, 0.1) is 11.0 Å². The lowest BCUT2D eigenvalue weighted by atomic mass is 10.1. The Labute approximate surface area is 160 Å². The number of rotatable bonds is 9. The van der Waals surface area contributed by atoms with Crippen molar-refractivity contribution in [3.8, 4) is 0 Å². The summed E-state index contributed by atoms with van der Waals surface area (Å²) in [4.78, 5) is 16.5. The Hall–Kier alpha value is -2.62. The number of hydrogen-bond acceptors (Lipinski definition) is 2. The molecule has 1 heterocycles. The van der Waals surface area contributed by atoms with Crippen LogP contribution in [-0.2, 0) is 17.8 Å². The molecule has 3 aromatic rings. The summed E-state index contributed by atoms with van der Waals surface area (Å²) in [6.07, 6.45) is 6.36.